The monoisotopic (exact) mass is 281 g/mol. The number of hydrogen-bond acceptors (Lipinski definition) is 5. The van der Waals surface area contributed by atoms with Gasteiger partial charge in [-0.15, -0.1) is 0 Å². The summed E-state index contributed by atoms with van der Waals surface area (Å²) < 4.78 is 15.4. The molecule has 0 aliphatic heterocycles. The van der Waals surface area contributed by atoms with Crippen molar-refractivity contribution in [3.8, 4) is 5.75 Å². The summed E-state index contributed by atoms with van der Waals surface area (Å²) in [6, 6.07) is 7.34. The normalized spacial score (nSPS) is 13.7. The lowest BCUT2D eigenvalue weighted by atomic mass is 9.97. The number of para-hydroxylation sites is 2. The van der Waals surface area contributed by atoms with Crippen LogP contribution in [0.15, 0.2) is 24.3 Å². The molecule has 0 bridgehead atoms. The van der Waals surface area contributed by atoms with Gasteiger partial charge in [-0.1, -0.05) is 26.0 Å². The van der Waals surface area contributed by atoms with Gasteiger partial charge in [-0.05, 0) is 18.1 Å². The highest BCUT2D eigenvalue weighted by Gasteiger charge is 2.32. The summed E-state index contributed by atoms with van der Waals surface area (Å²) >= 11 is 0. The summed E-state index contributed by atoms with van der Waals surface area (Å²) in [5.74, 6) is 0.496. The van der Waals surface area contributed by atoms with Crippen LogP contribution in [0.2, 0.25) is 0 Å². The molecule has 112 valence electrons. The van der Waals surface area contributed by atoms with E-state index in [2.05, 4.69) is 5.32 Å². The molecule has 0 amide bonds. The minimum Gasteiger partial charge on any atom is -0.495 e. The summed E-state index contributed by atoms with van der Waals surface area (Å²) in [5.41, 5.74) is 0.819. The molecule has 0 aliphatic carbocycles. The van der Waals surface area contributed by atoms with Crippen LogP contribution in [-0.4, -0.2) is 39.4 Å². The smallest absolute Gasteiger partial charge is 0.337 e. The Kier molecular flexibility index (Phi) is 6.31. The maximum Gasteiger partial charge on any atom is 0.337 e. The lowest BCUT2D eigenvalue weighted by Crippen LogP contribution is -2.45. The van der Waals surface area contributed by atoms with E-state index in [1.54, 1.807) is 7.11 Å². The molecule has 0 unspecified atom stereocenters. The predicted molar refractivity (Wildman–Crippen MR) is 78.1 cm³/mol. The Morgan fingerprint density at radius 3 is 2.30 bits per heavy atom. The van der Waals surface area contributed by atoms with Crippen molar-refractivity contribution in [3.63, 3.8) is 0 Å². The van der Waals surface area contributed by atoms with Gasteiger partial charge in [0.25, 0.3) is 0 Å². The minimum atomic E-state index is -0.676. The second-order valence-corrected chi connectivity index (χ2v) is 4.79. The maximum absolute atomic E-state index is 11.8. The Labute approximate surface area is 120 Å². The molecule has 1 N–H and O–H groups in total. The first-order valence-electron chi connectivity index (χ1n) is 6.55. The fourth-order valence-corrected chi connectivity index (χ4v) is 2.04. The van der Waals surface area contributed by atoms with Gasteiger partial charge in [0.15, 0.2) is 6.10 Å². The van der Waals surface area contributed by atoms with E-state index in [0.29, 0.717) is 0 Å². The zero-order chi connectivity index (χ0) is 15.1. The van der Waals surface area contributed by atoms with Crippen LogP contribution < -0.4 is 10.1 Å². The minimum absolute atomic E-state index is 0.170. The summed E-state index contributed by atoms with van der Waals surface area (Å²) in [6.07, 6.45) is -0.676. The van der Waals surface area contributed by atoms with Gasteiger partial charge < -0.3 is 19.5 Å². The number of rotatable bonds is 7. The molecule has 0 aromatic heterocycles. The fraction of sp³-hybridized carbons (Fsp3) is 0.533. The fourth-order valence-electron chi connectivity index (χ4n) is 2.04. The zero-order valence-electron chi connectivity index (χ0n) is 12.7. The molecular formula is C15H23NO4. The van der Waals surface area contributed by atoms with Gasteiger partial charge in [-0.2, -0.15) is 0 Å². The molecule has 20 heavy (non-hydrogen) atoms. The predicted octanol–water partition coefficient (Wildman–Crippen LogP) is 2.32. The van der Waals surface area contributed by atoms with Crippen molar-refractivity contribution in [2.75, 3.05) is 26.6 Å². The van der Waals surface area contributed by atoms with Crippen LogP contribution in [0.3, 0.4) is 0 Å². The third kappa shape index (κ3) is 3.87. The van der Waals surface area contributed by atoms with Crippen LogP contribution in [0.25, 0.3) is 0 Å². The first kappa shape index (κ1) is 16.3. The molecule has 5 nitrogen and oxygen atoms in total. The topological polar surface area (TPSA) is 56.8 Å². The lowest BCUT2D eigenvalue weighted by molar-refractivity contribution is -0.153. The first-order chi connectivity index (χ1) is 9.54. The molecule has 0 saturated heterocycles. The molecule has 1 aromatic rings. The number of benzene rings is 1. The number of hydrogen-bond donors (Lipinski definition) is 1. The van der Waals surface area contributed by atoms with E-state index in [9.17, 15) is 4.79 Å². The number of carbonyl (C=O) groups excluding carboxylic acids is 1. The van der Waals surface area contributed by atoms with Gasteiger partial charge in [-0.3, -0.25) is 0 Å². The van der Waals surface area contributed by atoms with Crippen LogP contribution >= 0.6 is 0 Å². The number of methoxy groups -OCH3 is 3. The highest BCUT2D eigenvalue weighted by atomic mass is 16.6. The van der Waals surface area contributed by atoms with Gasteiger partial charge in [0.1, 0.15) is 5.75 Å². The van der Waals surface area contributed by atoms with Crippen molar-refractivity contribution < 1.29 is 19.0 Å². The van der Waals surface area contributed by atoms with Gasteiger partial charge in [0, 0.05) is 7.11 Å². The van der Waals surface area contributed by atoms with Crippen LogP contribution in [0.1, 0.15) is 13.8 Å². The average Bonchev–Trinajstić information content (AvgIpc) is 2.46. The largest absolute Gasteiger partial charge is 0.495 e. The lowest BCUT2D eigenvalue weighted by Gasteiger charge is -2.29. The van der Waals surface area contributed by atoms with E-state index in [1.165, 1.54) is 14.2 Å². The standard InChI is InChI=1S/C15H23NO4/c1-10(2)13(14(19-4)15(17)20-5)16-11-8-6-7-9-12(11)18-3/h6-10,13-14,16H,1-5H3/t13-,14-/m1/s1. The van der Waals surface area contributed by atoms with Crippen LogP contribution in [0.5, 0.6) is 5.75 Å². The van der Waals surface area contributed by atoms with Crippen LogP contribution in [0.4, 0.5) is 5.69 Å². The maximum atomic E-state index is 11.8. The third-order valence-electron chi connectivity index (χ3n) is 3.16. The van der Waals surface area contributed by atoms with Crippen molar-refractivity contribution in [1.82, 2.24) is 0 Å². The summed E-state index contributed by atoms with van der Waals surface area (Å²) in [4.78, 5) is 11.8. The average molecular weight is 281 g/mol. The van der Waals surface area contributed by atoms with Crippen molar-refractivity contribution >= 4 is 11.7 Å². The second-order valence-electron chi connectivity index (χ2n) is 4.79. The van der Waals surface area contributed by atoms with Gasteiger partial charge in [0.2, 0.25) is 0 Å². The first-order valence-corrected chi connectivity index (χ1v) is 6.55. The third-order valence-corrected chi connectivity index (χ3v) is 3.16. The van der Waals surface area contributed by atoms with Crippen molar-refractivity contribution in [1.29, 1.82) is 0 Å². The number of anilines is 1. The molecule has 5 heteroatoms. The Hall–Kier alpha value is -1.75. The molecule has 1 aromatic carbocycles. The molecule has 2 atom stereocenters. The molecule has 0 heterocycles. The van der Waals surface area contributed by atoms with E-state index in [4.69, 9.17) is 14.2 Å². The van der Waals surface area contributed by atoms with Crippen molar-refractivity contribution in [2.24, 2.45) is 5.92 Å². The zero-order valence-corrected chi connectivity index (χ0v) is 12.7. The highest BCUT2D eigenvalue weighted by Crippen LogP contribution is 2.26. The molecule has 0 saturated carbocycles. The Balaban J connectivity index is 3.00. The SMILES string of the molecule is COC(=O)[C@H](OC)[C@H](Nc1ccccc1OC)C(C)C. The van der Waals surface area contributed by atoms with E-state index < -0.39 is 12.1 Å². The number of nitrogens with one attached hydrogen (secondary N) is 1. The summed E-state index contributed by atoms with van der Waals surface area (Å²) in [6.45, 7) is 4.03. The quantitative estimate of drug-likeness (QED) is 0.777. The van der Waals surface area contributed by atoms with Gasteiger partial charge >= 0.3 is 5.97 Å². The van der Waals surface area contributed by atoms with Crippen molar-refractivity contribution in [3.05, 3.63) is 24.3 Å². The summed E-state index contributed by atoms with van der Waals surface area (Å²) in [7, 11) is 4.47. The number of esters is 1. The van der Waals surface area contributed by atoms with E-state index in [0.717, 1.165) is 11.4 Å². The van der Waals surface area contributed by atoms with E-state index in [1.807, 2.05) is 38.1 Å². The second kappa shape index (κ2) is 7.75. The molecule has 0 aliphatic rings. The number of carbonyl (C=O) groups is 1. The number of ether oxygens (including phenoxy) is 3. The molecular weight excluding hydrogens is 258 g/mol. The Morgan fingerprint density at radius 2 is 1.80 bits per heavy atom. The van der Waals surface area contributed by atoms with Crippen LogP contribution in [-0.2, 0) is 14.3 Å². The Morgan fingerprint density at radius 1 is 1.15 bits per heavy atom. The van der Waals surface area contributed by atoms with Crippen LogP contribution in [0, 0.1) is 5.92 Å². The Bertz CT molecular complexity index is 434. The highest BCUT2D eigenvalue weighted by molar-refractivity contribution is 5.76. The van der Waals surface area contributed by atoms with Gasteiger partial charge in [-0.25, -0.2) is 4.79 Å². The molecule has 1 rings (SSSR count). The van der Waals surface area contributed by atoms with E-state index in [-0.39, 0.29) is 12.0 Å². The molecule has 0 fully saturated rings. The van der Waals surface area contributed by atoms with Crippen molar-refractivity contribution in [2.45, 2.75) is 26.0 Å². The van der Waals surface area contributed by atoms with E-state index >= 15 is 0 Å². The van der Waals surface area contributed by atoms with Gasteiger partial charge in [0.05, 0.1) is 25.9 Å². The molecule has 0 radical (unpaired) electrons. The summed E-state index contributed by atoms with van der Waals surface area (Å²) in [5, 5.41) is 3.31. The molecule has 0 spiro atoms.